The van der Waals surface area contributed by atoms with Crippen LogP contribution in [-0.4, -0.2) is 70.8 Å². The number of H-pyrrole nitrogens is 1. The molecule has 0 bridgehead atoms. The van der Waals surface area contributed by atoms with Crippen LogP contribution in [0.1, 0.15) is 5.82 Å². The zero-order chi connectivity index (χ0) is 27.3. The number of carboxylic acid groups (broad SMARTS) is 1. The Labute approximate surface area is 206 Å². The maximum Gasteiger partial charge on any atom is 0.573 e. The second kappa shape index (κ2) is 9.14. The van der Waals surface area contributed by atoms with Crippen molar-refractivity contribution in [3.63, 3.8) is 0 Å². The topological polar surface area (TPSA) is 146 Å². The Bertz CT molecular complexity index is 1500. The number of piperazine rings is 1. The Hall–Kier alpha value is -3.45. The Kier molecular flexibility index (Phi) is 6.57. The van der Waals surface area contributed by atoms with Gasteiger partial charge in [-0.15, -0.1) is 13.2 Å². The van der Waals surface area contributed by atoms with E-state index in [1.54, 1.807) is 4.98 Å². The number of thiazole rings is 1. The molecule has 0 amide bonds. The molecule has 0 spiro atoms. The molecule has 2 N–H and O–H groups in total. The molecule has 200 valence electrons. The highest BCUT2D eigenvalue weighted by Gasteiger charge is 2.41. The molecule has 11 nitrogen and oxygen atoms in total. The predicted octanol–water partition coefficient (Wildman–Crippen LogP) is 2.26. The standard InChI is InChI=1S/C18H13F6N5O6S2/c19-17(20,21)15-25-12-11(13(30)27-15)36-16(26-12)28-5-6-29(10(7-28)14(31)32)37(33,34)9-3-1-8(2-4-9)35-18(22,23)24/h1-4,10H,5-7H2,(H,31,32)(H,25,27,30)/t10-/m1/s1. The number of alkyl halides is 6. The molecule has 37 heavy (non-hydrogen) atoms. The number of hydrogen-bond acceptors (Lipinski definition) is 9. The van der Waals surface area contributed by atoms with Crippen LogP contribution in [0.4, 0.5) is 31.5 Å². The summed E-state index contributed by atoms with van der Waals surface area (Å²) >= 11 is 0.649. The van der Waals surface area contributed by atoms with Gasteiger partial charge in [-0.2, -0.15) is 22.5 Å². The van der Waals surface area contributed by atoms with Crippen molar-refractivity contribution in [2.75, 3.05) is 24.5 Å². The smallest absolute Gasteiger partial charge is 0.480 e. The van der Waals surface area contributed by atoms with Gasteiger partial charge in [0.2, 0.25) is 15.8 Å². The lowest BCUT2D eigenvalue weighted by atomic mass is 10.2. The molecule has 0 radical (unpaired) electrons. The van der Waals surface area contributed by atoms with Gasteiger partial charge >= 0.3 is 18.5 Å². The molecule has 3 aromatic rings. The second-order valence-electron chi connectivity index (χ2n) is 7.50. The average molecular weight is 573 g/mol. The number of fused-ring (bicyclic) bond motifs is 1. The van der Waals surface area contributed by atoms with E-state index in [1.807, 2.05) is 0 Å². The van der Waals surface area contributed by atoms with Crippen molar-refractivity contribution in [1.29, 1.82) is 0 Å². The Morgan fingerprint density at radius 3 is 2.32 bits per heavy atom. The number of benzene rings is 1. The number of aromatic nitrogens is 3. The van der Waals surface area contributed by atoms with Crippen molar-refractivity contribution < 1.29 is 49.4 Å². The summed E-state index contributed by atoms with van der Waals surface area (Å²) in [5.74, 6) is -3.81. The number of carbonyl (C=O) groups is 1. The van der Waals surface area contributed by atoms with Gasteiger partial charge in [-0.1, -0.05) is 11.3 Å². The molecular weight excluding hydrogens is 560 g/mol. The molecule has 1 fully saturated rings. The van der Waals surface area contributed by atoms with E-state index in [0.717, 1.165) is 24.3 Å². The number of halogens is 6. The molecule has 0 saturated carbocycles. The van der Waals surface area contributed by atoms with Crippen LogP contribution in [-0.2, 0) is 21.0 Å². The zero-order valence-corrected chi connectivity index (χ0v) is 19.5. The fourth-order valence-corrected chi connectivity index (χ4v) is 5.97. The van der Waals surface area contributed by atoms with Gasteiger partial charge in [0, 0.05) is 19.6 Å². The Balaban J connectivity index is 1.60. The van der Waals surface area contributed by atoms with Crippen molar-refractivity contribution in [2.24, 2.45) is 0 Å². The van der Waals surface area contributed by atoms with E-state index >= 15 is 0 Å². The largest absolute Gasteiger partial charge is 0.573 e. The zero-order valence-electron chi connectivity index (χ0n) is 17.9. The Morgan fingerprint density at radius 1 is 1.11 bits per heavy atom. The molecule has 0 aliphatic carbocycles. The van der Waals surface area contributed by atoms with Crippen LogP contribution in [0.2, 0.25) is 0 Å². The lowest BCUT2D eigenvalue weighted by Gasteiger charge is -2.38. The van der Waals surface area contributed by atoms with Crippen molar-refractivity contribution in [3.8, 4) is 5.75 Å². The van der Waals surface area contributed by atoms with Crippen LogP contribution in [0.25, 0.3) is 10.3 Å². The number of nitrogens with one attached hydrogen (secondary N) is 1. The molecular formula is C18H13F6N5O6S2. The van der Waals surface area contributed by atoms with Gasteiger partial charge in [0.25, 0.3) is 5.56 Å². The molecule has 4 rings (SSSR count). The molecule has 1 saturated heterocycles. The number of hydrogen-bond donors (Lipinski definition) is 2. The normalized spacial score (nSPS) is 17.8. The molecule has 1 aliphatic heterocycles. The number of rotatable bonds is 5. The number of nitrogens with zero attached hydrogens (tertiary/aromatic N) is 4. The summed E-state index contributed by atoms with van der Waals surface area (Å²) in [5.41, 5.74) is -1.62. The predicted molar refractivity (Wildman–Crippen MR) is 114 cm³/mol. The van der Waals surface area contributed by atoms with Crippen LogP contribution >= 0.6 is 11.3 Å². The Morgan fingerprint density at radius 2 is 1.76 bits per heavy atom. The van der Waals surface area contributed by atoms with E-state index in [-0.39, 0.29) is 16.4 Å². The number of anilines is 1. The van der Waals surface area contributed by atoms with Crippen LogP contribution in [0.5, 0.6) is 5.75 Å². The number of aliphatic carboxylic acids is 1. The number of carboxylic acids is 1. The van der Waals surface area contributed by atoms with Crippen LogP contribution in [0.15, 0.2) is 34.0 Å². The summed E-state index contributed by atoms with van der Waals surface area (Å²) in [4.78, 5) is 33.6. The highest BCUT2D eigenvalue weighted by molar-refractivity contribution is 7.89. The van der Waals surface area contributed by atoms with Crippen molar-refractivity contribution in [3.05, 3.63) is 40.4 Å². The maximum absolute atomic E-state index is 13.1. The number of sulfonamides is 1. The quantitative estimate of drug-likeness (QED) is 0.439. The monoisotopic (exact) mass is 573 g/mol. The highest BCUT2D eigenvalue weighted by Crippen LogP contribution is 2.32. The lowest BCUT2D eigenvalue weighted by Crippen LogP contribution is -2.58. The summed E-state index contributed by atoms with van der Waals surface area (Å²) < 4.78 is 106. The highest BCUT2D eigenvalue weighted by atomic mass is 32.2. The van der Waals surface area contributed by atoms with E-state index in [1.165, 1.54) is 4.90 Å². The van der Waals surface area contributed by atoms with Crippen molar-refractivity contribution in [1.82, 2.24) is 19.3 Å². The SMILES string of the molecule is O=C(O)[C@H]1CN(c2nc3nc(C(F)(F)F)[nH]c(=O)c3s2)CCN1S(=O)(=O)c1ccc(OC(F)(F)F)cc1. The minimum atomic E-state index is -5.00. The van der Waals surface area contributed by atoms with Gasteiger partial charge in [0.1, 0.15) is 16.5 Å². The number of aromatic amines is 1. The van der Waals surface area contributed by atoms with E-state index in [0.29, 0.717) is 15.6 Å². The summed E-state index contributed by atoms with van der Waals surface area (Å²) in [6, 6.07) is 1.46. The van der Waals surface area contributed by atoms with Crippen LogP contribution in [0, 0.1) is 0 Å². The number of ether oxygens (including phenoxy) is 1. The van der Waals surface area contributed by atoms with E-state index in [4.69, 9.17) is 0 Å². The minimum absolute atomic E-state index is 0.0516. The lowest BCUT2D eigenvalue weighted by molar-refractivity contribution is -0.274. The third-order valence-electron chi connectivity index (χ3n) is 5.07. The van der Waals surface area contributed by atoms with E-state index < -0.39 is 75.3 Å². The van der Waals surface area contributed by atoms with E-state index in [2.05, 4.69) is 14.7 Å². The third-order valence-corrected chi connectivity index (χ3v) is 8.10. The summed E-state index contributed by atoms with van der Waals surface area (Å²) in [6.45, 7) is -1.08. The van der Waals surface area contributed by atoms with Gasteiger partial charge < -0.3 is 19.7 Å². The first-order valence-corrected chi connectivity index (χ1v) is 12.2. The fourth-order valence-electron chi connectivity index (χ4n) is 3.47. The molecule has 1 aliphatic rings. The van der Waals surface area contributed by atoms with Gasteiger partial charge in [-0.3, -0.25) is 9.59 Å². The third kappa shape index (κ3) is 5.47. The molecule has 1 aromatic carbocycles. The molecule has 2 aromatic heterocycles. The minimum Gasteiger partial charge on any atom is -0.480 e. The summed E-state index contributed by atoms with van der Waals surface area (Å²) in [6.07, 6.45) is -9.94. The summed E-state index contributed by atoms with van der Waals surface area (Å²) in [5, 5.41) is 9.63. The van der Waals surface area contributed by atoms with Crippen molar-refractivity contribution >= 4 is 42.8 Å². The molecule has 3 heterocycles. The molecule has 19 heteroatoms. The van der Waals surface area contributed by atoms with E-state index in [9.17, 15) is 49.5 Å². The van der Waals surface area contributed by atoms with Crippen LogP contribution < -0.4 is 15.2 Å². The van der Waals surface area contributed by atoms with Gasteiger partial charge in [0.05, 0.1) is 4.90 Å². The van der Waals surface area contributed by atoms with Crippen molar-refractivity contribution in [2.45, 2.75) is 23.5 Å². The molecule has 1 atom stereocenters. The first-order chi connectivity index (χ1) is 17.1. The summed E-state index contributed by atoms with van der Waals surface area (Å²) in [7, 11) is -4.50. The maximum atomic E-state index is 13.1. The van der Waals surface area contributed by atoms with Gasteiger partial charge in [-0.25, -0.2) is 13.4 Å². The van der Waals surface area contributed by atoms with Crippen LogP contribution in [0.3, 0.4) is 0 Å². The average Bonchev–Trinajstić information content (AvgIpc) is 3.22. The van der Waals surface area contributed by atoms with Gasteiger partial charge in [0.15, 0.2) is 10.8 Å². The fraction of sp³-hybridized carbons (Fsp3) is 0.333. The second-order valence-corrected chi connectivity index (χ2v) is 10.4. The first kappa shape index (κ1) is 26.6. The molecule has 0 unspecified atom stereocenters. The van der Waals surface area contributed by atoms with Gasteiger partial charge in [-0.05, 0) is 24.3 Å². The first-order valence-electron chi connectivity index (χ1n) is 9.90.